The maximum atomic E-state index is 5.75. The summed E-state index contributed by atoms with van der Waals surface area (Å²) in [4.78, 5) is 4.73. The molecule has 0 aliphatic rings. The van der Waals surface area contributed by atoms with E-state index in [9.17, 15) is 0 Å². The second-order valence-corrected chi connectivity index (χ2v) is 7.13. The summed E-state index contributed by atoms with van der Waals surface area (Å²) in [7, 11) is 1.73. The van der Waals surface area contributed by atoms with E-state index in [1.807, 2.05) is 6.20 Å². The van der Waals surface area contributed by atoms with Crippen LogP contribution in [-0.4, -0.2) is 18.6 Å². The number of ether oxygens (including phenoxy) is 1. The van der Waals surface area contributed by atoms with Gasteiger partial charge in [0.2, 0.25) is 0 Å². The zero-order valence-electron chi connectivity index (χ0n) is 14.4. The first-order valence-corrected chi connectivity index (χ1v) is 9.23. The molecule has 3 nitrogen and oxygen atoms in total. The average molecular weight is 348 g/mol. The number of aryl methyl sites for hydroxylation is 1. The van der Waals surface area contributed by atoms with Crippen LogP contribution in [0.25, 0.3) is 32.1 Å². The Balaban J connectivity index is 2.06. The highest BCUT2D eigenvalue weighted by atomic mass is 32.1. The predicted octanol–water partition coefficient (Wildman–Crippen LogP) is 4.93. The molecule has 4 heteroatoms. The molecule has 0 saturated heterocycles. The summed E-state index contributed by atoms with van der Waals surface area (Å²) < 4.78 is 6.94. The number of hydrogen-bond acceptors (Lipinski definition) is 4. The van der Waals surface area contributed by atoms with Crippen LogP contribution in [0.15, 0.2) is 48.0 Å². The van der Waals surface area contributed by atoms with Gasteiger partial charge in [0.1, 0.15) is 5.75 Å². The first-order valence-electron chi connectivity index (χ1n) is 8.36. The van der Waals surface area contributed by atoms with E-state index >= 15 is 0 Å². The monoisotopic (exact) mass is 348 g/mol. The summed E-state index contributed by atoms with van der Waals surface area (Å²) in [5.74, 6) is 0.886. The van der Waals surface area contributed by atoms with Crippen molar-refractivity contribution in [3.05, 3.63) is 59.1 Å². The molecule has 0 amide bonds. The van der Waals surface area contributed by atoms with E-state index in [1.54, 1.807) is 18.4 Å². The summed E-state index contributed by atoms with van der Waals surface area (Å²) >= 11 is 1.72. The number of aromatic nitrogens is 1. The lowest BCUT2D eigenvalue weighted by atomic mass is 9.94. The molecule has 126 valence electrons. The van der Waals surface area contributed by atoms with E-state index in [4.69, 9.17) is 15.5 Å². The Kier molecular flexibility index (Phi) is 4.15. The molecule has 0 unspecified atom stereocenters. The van der Waals surface area contributed by atoms with Gasteiger partial charge in [-0.05, 0) is 54.1 Å². The third-order valence-corrected chi connectivity index (χ3v) is 5.48. The van der Waals surface area contributed by atoms with Gasteiger partial charge in [-0.3, -0.25) is 4.98 Å². The Morgan fingerprint density at radius 2 is 1.96 bits per heavy atom. The second kappa shape index (κ2) is 6.47. The highest BCUT2D eigenvalue weighted by molar-refractivity contribution is 7.17. The van der Waals surface area contributed by atoms with Crippen molar-refractivity contribution < 1.29 is 4.74 Å². The molecule has 25 heavy (non-hydrogen) atoms. The van der Waals surface area contributed by atoms with E-state index < -0.39 is 0 Å². The number of hydrogen-bond donors (Lipinski definition) is 1. The molecule has 0 aliphatic heterocycles. The Morgan fingerprint density at radius 3 is 2.68 bits per heavy atom. The molecule has 0 fully saturated rings. The molecule has 4 rings (SSSR count). The van der Waals surface area contributed by atoms with Crippen LogP contribution in [0, 0.1) is 6.92 Å². The first-order chi connectivity index (χ1) is 12.2. The Bertz CT molecular complexity index is 1050. The molecular weight excluding hydrogens is 328 g/mol. The average Bonchev–Trinajstić information content (AvgIpc) is 3.11. The van der Waals surface area contributed by atoms with Gasteiger partial charge in [0.05, 0.1) is 17.3 Å². The van der Waals surface area contributed by atoms with Crippen LogP contribution >= 0.6 is 11.3 Å². The Hall–Kier alpha value is -2.43. The predicted molar refractivity (Wildman–Crippen MR) is 107 cm³/mol. The van der Waals surface area contributed by atoms with E-state index in [0.717, 1.165) is 34.4 Å². The number of pyridine rings is 1. The SMILES string of the molecule is COc1cc(C)c2ncc3sccc3c2c1-c1ccc(CCN)cc1. The number of rotatable bonds is 4. The van der Waals surface area contributed by atoms with Gasteiger partial charge in [-0.2, -0.15) is 0 Å². The van der Waals surface area contributed by atoms with Gasteiger partial charge < -0.3 is 10.5 Å². The molecule has 4 aromatic rings. The normalized spacial score (nSPS) is 11.3. The Labute approximate surface area is 151 Å². The Morgan fingerprint density at radius 1 is 1.16 bits per heavy atom. The number of nitrogens with zero attached hydrogens (tertiary/aromatic N) is 1. The number of nitrogens with two attached hydrogens (primary N) is 1. The van der Waals surface area contributed by atoms with Crippen molar-refractivity contribution in [1.29, 1.82) is 0 Å². The van der Waals surface area contributed by atoms with Crippen LogP contribution in [0.1, 0.15) is 11.1 Å². The van der Waals surface area contributed by atoms with Gasteiger partial charge in [-0.15, -0.1) is 11.3 Å². The van der Waals surface area contributed by atoms with Crippen molar-refractivity contribution in [2.24, 2.45) is 5.73 Å². The lowest BCUT2D eigenvalue weighted by molar-refractivity contribution is 0.416. The third-order valence-electron chi connectivity index (χ3n) is 4.63. The van der Waals surface area contributed by atoms with Crippen molar-refractivity contribution in [3.8, 4) is 16.9 Å². The molecular formula is C21H20N2OS. The smallest absolute Gasteiger partial charge is 0.127 e. The highest BCUT2D eigenvalue weighted by Crippen LogP contribution is 2.42. The van der Waals surface area contributed by atoms with E-state index in [2.05, 4.69) is 48.7 Å². The standard InChI is InChI=1S/C21H20N2OS/c1-13-11-17(24-2)19(15-5-3-14(4-6-15)7-9-22)20-16-8-10-25-18(16)12-23-21(13)20/h3-6,8,10-12H,7,9,22H2,1-2H3. The summed E-state index contributed by atoms with van der Waals surface area (Å²) in [6, 6.07) is 12.9. The summed E-state index contributed by atoms with van der Waals surface area (Å²) in [6.45, 7) is 2.75. The van der Waals surface area contributed by atoms with Gasteiger partial charge >= 0.3 is 0 Å². The van der Waals surface area contributed by atoms with E-state index in [-0.39, 0.29) is 0 Å². The van der Waals surface area contributed by atoms with Crippen LogP contribution in [0.2, 0.25) is 0 Å². The largest absolute Gasteiger partial charge is 0.496 e. The van der Waals surface area contributed by atoms with Crippen molar-refractivity contribution in [2.45, 2.75) is 13.3 Å². The molecule has 2 heterocycles. The maximum Gasteiger partial charge on any atom is 0.127 e. The molecule has 0 atom stereocenters. The molecule has 0 spiro atoms. The van der Waals surface area contributed by atoms with Gasteiger partial charge in [0, 0.05) is 22.5 Å². The minimum absolute atomic E-state index is 0.662. The van der Waals surface area contributed by atoms with Gasteiger partial charge in [0.15, 0.2) is 0 Å². The maximum absolute atomic E-state index is 5.75. The van der Waals surface area contributed by atoms with Crippen LogP contribution in [0.4, 0.5) is 0 Å². The second-order valence-electron chi connectivity index (χ2n) is 6.19. The van der Waals surface area contributed by atoms with Crippen LogP contribution in [-0.2, 0) is 6.42 Å². The van der Waals surface area contributed by atoms with E-state index in [1.165, 1.54) is 21.0 Å². The van der Waals surface area contributed by atoms with Crippen LogP contribution in [0.3, 0.4) is 0 Å². The lowest BCUT2D eigenvalue weighted by Crippen LogP contribution is -2.02. The van der Waals surface area contributed by atoms with Gasteiger partial charge in [-0.25, -0.2) is 0 Å². The molecule has 0 radical (unpaired) electrons. The van der Waals surface area contributed by atoms with Crippen molar-refractivity contribution >= 4 is 32.3 Å². The molecule has 0 aliphatic carbocycles. The quantitative estimate of drug-likeness (QED) is 0.568. The van der Waals surface area contributed by atoms with Crippen molar-refractivity contribution in [2.75, 3.05) is 13.7 Å². The van der Waals surface area contributed by atoms with Crippen molar-refractivity contribution in [3.63, 3.8) is 0 Å². The minimum atomic E-state index is 0.662. The van der Waals surface area contributed by atoms with Crippen LogP contribution in [0.5, 0.6) is 5.75 Å². The highest BCUT2D eigenvalue weighted by Gasteiger charge is 2.17. The minimum Gasteiger partial charge on any atom is -0.496 e. The fourth-order valence-corrected chi connectivity index (χ4v) is 4.17. The molecule has 2 aromatic carbocycles. The number of benzene rings is 2. The molecule has 0 saturated carbocycles. The summed E-state index contributed by atoms with van der Waals surface area (Å²) in [5.41, 5.74) is 11.3. The zero-order chi connectivity index (χ0) is 17.4. The zero-order valence-corrected chi connectivity index (χ0v) is 15.2. The number of methoxy groups -OCH3 is 1. The molecule has 2 aromatic heterocycles. The fraction of sp³-hybridized carbons (Fsp3) is 0.190. The lowest BCUT2D eigenvalue weighted by Gasteiger charge is -2.15. The molecule has 0 bridgehead atoms. The van der Waals surface area contributed by atoms with Crippen LogP contribution < -0.4 is 10.5 Å². The third kappa shape index (κ3) is 2.68. The van der Waals surface area contributed by atoms with Gasteiger partial charge in [-0.1, -0.05) is 24.3 Å². The number of fused-ring (bicyclic) bond motifs is 3. The fourth-order valence-electron chi connectivity index (χ4n) is 3.41. The van der Waals surface area contributed by atoms with E-state index in [0.29, 0.717) is 6.54 Å². The molecule has 2 N–H and O–H groups in total. The summed E-state index contributed by atoms with van der Waals surface area (Å²) in [5, 5.41) is 4.52. The van der Waals surface area contributed by atoms with Crippen molar-refractivity contribution in [1.82, 2.24) is 4.98 Å². The summed E-state index contributed by atoms with van der Waals surface area (Å²) in [6.07, 6.45) is 2.86. The number of thiophene rings is 1. The topological polar surface area (TPSA) is 48.1 Å². The van der Waals surface area contributed by atoms with Gasteiger partial charge in [0.25, 0.3) is 0 Å². The first kappa shape index (κ1) is 16.1.